The van der Waals surface area contributed by atoms with Crippen LogP contribution >= 0.6 is 0 Å². The number of methoxy groups -OCH3 is 1. The van der Waals surface area contributed by atoms with Crippen LogP contribution in [0.5, 0.6) is 11.5 Å². The summed E-state index contributed by atoms with van der Waals surface area (Å²) < 4.78 is 10.8. The number of nitriles is 1. The van der Waals surface area contributed by atoms with Crippen molar-refractivity contribution < 1.29 is 14.3 Å². The lowest BCUT2D eigenvalue weighted by molar-refractivity contribution is -0.134. The number of benzene rings is 2. The van der Waals surface area contributed by atoms with Crippen molar-refractivity contribution in [3.63, 3.8) is 0 Å². The SMILES string of the molecule is COc1ccc(CN(C(=O)COc2ccccc2C#N)C2CC2)cc1. The molecule has 5 heteroatoms. The third-order valence-electron chi connectivity index (χ3n) is 4.18. The monoisotopic (exact) mass is 336 g/mol. The second-order valence-corrected chi connectivity index (χ2v) is 6.00. The van der Waals surface area contributed by atoms with Crippen LogP contribution in [0.2, 0.25) is 0 Å². The first kappa shape index (κ1) is 16.8. The minimum Gasteiger partial charge on any atom is -0.497 e. The molecule has 1 fully saturated rings. The van der Waals surface area contributed by atoms with Crippen molar-refractivity contribution in [2.45, 2.75) is 25.4 Å². The Morgan fingerprint density at radius 2 is 1.92 bits per heavy atom. The molecule has 0 spiro atoms. The molecule has 3 rings (SSSR count). The fourth-order valence-electron chi connectivity index (χ4n) is 2.64. The normalized spacial score (nSPS) is 13.0. The first-order chi connectivity index (χ1) is 12.2. The number of nitrogens with zero attached hydrogens (tertiary/aromatic N) is 2. The van der Waals surface area contributed by atoms with Gasteiger partial charge < -0.3 is 14.4 Å². The average molecular weight is 336 g/mol. The average Bonchev–Trinajstić information content (AvgIpc) is 3.50. The van der Waals surface area contributed by atoms with E-state index < -0.39 is 0 Å². The summed E-state index contributed by atoms with van der Waals surface area (Å²) in [6.07, 6.45) is 2.05. The summed E-state index contributed by atoms with van der Waals surface area (Å²) >= 11 is 0. The van der Waals surface area contributed by atoms with Crippen LogP contribution in [0.15, 0.2) is 48.5 Å². The van der Waals surface area contributed by atoms with Crippen molar-refractivity contribution in [3.8, 4) is 17.6 Å². The van der Waals surface area contributed by atoms with Crippen LogP contribution in [0.1, 0.15) is 24.0 Å². The molecule has 0 saturated heterocycles. The second-order valence-electron chi connectivity index (χ2n) is 6.00. The van der Waals surface area contributed by atoms with Gasteiger partial charge in [0, 0.05) is 12.6 Å². The second kappa shape index (κ2) is 7.71. The number of carbonyl (C=O) groups excluding carboxylic acids is 1. The molecule has 2 aromatic carbocycles. The molecule has 1 aliphatic carbocycles. The summed E-state index contributed by atoms with van der Waals surface area (Å²) in [5, 5.41) is 9.09. The van der Waals surface area contributed by atoms with Crippen LogP contribution in [0, 0.1) is 11.3 Å². The molecule has 0 unspecified atom stereocenters. The van der Waals surface area contributed by atoms with Gasteiger partial charge in [-0.15, -0.1) is 0 Å². The molecule has 128 valence electrons. The van der Waals surface area contributed by atoms with Crippen LogP contribution < -0.4 is 9.47 Å². The minimum absolute atomic E-state index is 0.0638. The van der Waals surface area contributed by atoms with E-state index in [2.05, 4.69) is 6.07 Å². The number of hydrogen-bond acceptors (Lipinski definition) is 4. The van der Waals surface area contributed by atoms with E-state index in [4.69, 9.17) is 14.7 Å². The van der Waals surface area contributed by atoms with Crippen LogP contribution in [0.25, 0.3) is 0 Å². The fraction of sp³-hybridized carbons (Fsp3) is 0.300. The fourth-order valence-corrected chi connectivity index (χ4v) is 2.64. The van der Waals surface area contributed by atoms with Gasteiger partial charge in [-0.3, -0.25) is 4.79 Å². The molecule has 0 heterocycles. The Balaban J connectivity index is 1.64. The maximum atomic E-state index is 12.6. The zero-order valence-corrected chi connectivity index (χ0v) is 14.1. The molecule has 0 atom stereocenters. The summed E-state index contributed by atoms with van der Waals surface area (Å²) in [6.45, 7) is 0.488. The van der Waals surface area contributed by atoms with E-state index in [1.807, 2.05) is 29.2 Å². The molecule has 25 heavy (non-hydrogen) atoms. The number of para-hydroxylation sites is 1. The number of ether oxygens (including phenoxy) is 2. The van der Waals surface area contributed by atoms with Crippen LogP contribution in [0.4, 0.5) is 0 Å². The molecule has 0 aliphatic heterocycles. The first-order valence-electron chi connectivity index (χ1n) is 8.25. The Hall–Kier alpha value is -3.00. The van der Waals surface area contributed by atoms with E-state index in [1.165, 1.54) is 0 Å². The first-order valence-corrected chi connectivity index (χ1v) is 8.25. The number of hydrogen-bond donors (Lipinski definition) is 0. The van der Waals surface area contributed by atoms with Gasteiger partial charge in [-0.05, 0) is 42.7 Å². The standard InChI is InChI=1S/C20H20N2O3/c1-24-18-10-6-15(7-11-18)13-22(17-8-9-17)20(23)14-25-19-5-3-2-4-16(19)12-21/h2-7,10-11,17H,8-9,13-14H2,1H3. The van der Waals surface area contributed by atoms with E-state index in [0.717, 1.165) is 24.2 Å². The van der Waals surface area contributed by atoms with Crippen LogP contribution in [-0.4, -0.2) is 30.6 Å². The number of amides is 1. The predicted octanol–water partition coefficient (Wildman–Crippen LogP) is 3.14. The predicted molar refractivity (Wildman–Crippen MR) is 93.2 cm³/mol. The van der Waals surface area contributed by atoms with Crippen molar-refractivity contribution in [2.24, 2.45) is 0 Å². The summed E-state index contributed by atoms with van der Waals surface area (Å²) in [7, 11) is 1.63. The van der Waals surface area contributed by atoms with Gasteiger partial charge in [0.15, 0.2) is 6.61 Å². The molecule has 0 bridgehead atoms. The third kappa shape index (κ3) is 4.30. The maximum absolute atomic E-state index is 12.6. The van der Waals surface area contributed by atoms with Gasteiger partial charge in [-0.2, -0.15) is 5.26 Å². The van der Waals surface area contributed by atoms with Crippen molar-refractivity contribution in [3.05, 3.63) is 59.7 Å². The molecule has 0 radical (unpaired) electrons. The van der Waals surface area contributed by atoms with Gasteiger partial charge >= 0.3 is 0 Å². The van der Waals surface area contributed by atoms with Gasteiger partial charge in [-0.1, -0.05) is 24.3 Å². The molecule has 1 aliphatic rings. The largest absolute Gasteiger partial charge is 0.497 e. The Morgan fingerprint density at radius 1 is 1.20 bits per heavy atom. The molecule has 2 aromatic rings. The van der Waals surface area contributed by atoms with Crippen LogP contribution in [-0.2, 0) is 11.3 Å². The molecule has 5 nitrogen and oxygen atoms in total. The highest BCUT2D eigenvalue weighted by molar-refractivity contribution is 5.78. The van der Waals surface area contributed by atoms with Crippen molar-refractivity contribution in [1.29, 1.82) is 5.26 Å². The highest BCUT2D eigenvalue weighted by atomic mass is 16.5. The van der Waals surface area contributed by atoms with Crippen molar-refractivity contribution >= 4 is 5.91 Å². The highest BCUT2D eigenvalue weighted by Crippen LogP contribution is 2.29. The quantitative estimate of drug-likeness (QED) is 0.779. The summed E-state index contributed by atoms with van der Waals surface area (Å²) in [4.78, 5) is 14.5. The van der Waals surface area contributed by atoms with E-state index >= 15 is 0 Å². The third-order valence-corrected chi connectivity index (χ3v) is 4.18. The maximum Gasteiger partial charge on any atom is 0.261 e. The smallest absolute Gasteiger partial charge is 0.261 e. The number of rotatable bonds is 7. The van der Waals surface area contributed by atoms with Crippen LogP contribution in [0.3, 0.4) is 0 Å². The van der Waals surface area contributed by atoms with E-state index in [-0.39, 0.29) is 18.6 Å². The van der Waals surface area contributed by atoms with Gasteiger partial charge in [-0.25, -0.2) is 0 Å². The van der Waals surface area contributed by atoms with Gasteiger partial charge in [0.25, 0.3) is 5.91 Å². The Labute approximate surface area is 147 Å². The lowest BCUT2D eigenvalue weighted by atomic mass is 10.2. The molecule has 0 aromatic heterocycles. The lowest BCUT2D eigenvalue weighted by Gasteiger charge is -2.23. The van der Waals surface area contributed by atoms with E-state index in [9.17, 15) is 4.79 Å². The van der Waals surface area contributed by atoms with Gasteiger partial charge in [0.05, 0.1) is 12.7 Å². The lowest BCUT2D eigenvalue weighted by Crippen LogP contribution is -2.36. The van der Waals surface area contributed by atoms with E-state index in [0.29, 0.717) is 17.9 Å². The Kier molecular flexibility index (Phi) is 5.20. The highest BCUT2D eigenvalue weighted by Gasteiger charge is 2.32. The topological polar surface area (TPSA) is 62.6 Å². The zero-order valence-electron chi connectivity index (χ0n) is 14.1. The summed E-state index contributed by atoms with van der Waals surface area (Å²) in [6, 6.07) is 17.0. The van der Waals surface area contributed by atoms with E-state index in [1.54, 1.807) is 31.4 Å². The van der Waals surface area contributed by atoms with Gasteiger partial charge in [0.2, 0.25) is 0 Å². The molecular weight excluding hydrogens is 316 g/mol. The Bertz CT molecular complexity index is 776. The zero-order chi connectivity index (χ0) is 17.6. The van der Waals surface area contributed by atoms with Crippen molar-refractivity contribution in [2.75, 3.05) is 13.7 Å². The number of carbonyl (C=O) groups is 1. The van der Waals surface area contributed by atoms with Crippen molar-refractivity contribution in [1.82, 2.24) is 4.90 Å². The summed E-state index contributed by atoms with van der Waals surface area (Å²) in [5.74, 6) is 1.18. The van der Waals surface area contributed by atoms with Gasteiger partial charge in [0.1, 0.15) is 17.6 Å². The molecule has 1 amide bonds. The molecule has 0 N–H and O–H groups in total. The summed E-state index contributed by atoms with van der Waals surface area (Å²) in [5.41, 5.74) is 1.49. The Morgan fingerprint density at radius 3 is 2.56 bits per heavy atom. The molecular formula is C20H20N2O3. The minimum atomic E-state index is -0.0641. The molecule has 1 saturated carbocycles.